The van der Waals surface area contributed by atoms with Crippen molar-refractivity contribution in [2.45, 2.75) is 52.6 Å². The minimum atomic E-state index is -1.63. The summed E-state index contributed by atoms with van der Waals surface area (Å²) in [7, 11) is -3.27. The summed E-state index contributed by atoms with van der Waals surface area (Å²) < 4.78 is 17.9. The van der Waals surface area contributed by atoms with Crippen LogP contribution in [0.4, 0.5) is 0 Å². The maximum atomic E-state index is 6.07. The summed E-state index contributed by atoms with van der Waals surface area (Å²) >= 11 is 0. The van der Waals surface area contributed by atoms with Crippen LogP contribution in [-0.4, -0.2) is 23.2 Å². The van der Waals surface area contributed by atoms with Crippen LogP contribution < -0.4 is 13.6 Å². The summed E-state index contributed by atoms with van der Waals surface area (Å²) in [6, 6.07) is 5.91. The van der Waals surface area contributed by atoms with Gasteiger partial charge in [0.1, 0.15) is 17.2 Å². The standard InChI is InChI=1S/C15H28O3Si2/c1-8-9-16-13-10-14(17-19(2,3)4)12-15(11-13)18-20(5,6)7/h10-12H,8-9H2,1-7H3. The topological polar surface area (TPSA) is 27.7 Å². The van der Waals surface area contributed by atoms with Crippen molar-refractivity contribution in [1.82, 2.24) is 0 Å². The van der Waals surface area contributed by atoms with E-state index in [0.717, 1.165) is 23.7 Å². The Morgan fingerprint density at radius 1 is 0.750 bits per heavy atom. The van der Waals surface area contributed by atoms with Crippen LogP contribution in [0.15, 0.2) is 18.2 Å². The number of ether oxygens (including phenoxy) is 1. The first-order chi connectivity index (χ1) is 9.09. The minimum Gasteiger partial charge on any atom is -0.544 e. The van der Waals surface area contributed by atoms with Crippen molar-refractivity contribution in [2.24, 2.45) is 0 Å². The molecule has 0 aliphatic heterocycles. The van der Waals surface area contributed by atoms with E-state index in [1.54, 1.807) is 0 Å². The Morgan fingerprint density at radius 2 is 1.15 bits per heavy atom. The van der Waals surface area contributed by atoms with Crippen LogP contribution >= 0.6 is 0 Å². The zero-order chi connectivity index (χ0) is 15.4. The average Bonchev–Trinajstić information content (AvgIpc) is 2.21. The molecule has 0 amide bonds. The number of hydrogen-bond acceptors (Lipinski definition) is 3. The van der Waals surface area contributed by atoms with Crippen LogP contribution in [0, 0.1) is 0 Å². The highest BCUT2D eigenvalue weighted by Gasteiger charge is 2.20. The summed E-state index contributed by atoms with van der Waals surface area (Å²) in [5, 5.41) is 0. The molecule has 1 aromatic carbocycles. The average molecular weight is 313 g/mol. The maximum absolute atomic E-state index is 6.07. The molecule has 1 rings (SSSR count). The number of benzene rings is 1. The molecule has 3 nitrogen and oxygen atoms in total. The van der Waals surface area contributed by atoms with Crippen LogP contribution in [0.3, 0.4) is 0 Å². The van der Waals surface area contributed by atoms with Gasteiger partial charge in [-0.3, -0.25) is 0 Å². The quantitative estimate of drug-likeness (QED) is 0.670. The van der Waals surface area contributed by atoms with Gasteiger partial charge in [0, 0.05) is 18.2 Å². The lowest BCUT2D eigenvalue weighted by molar-refractivity contribution is 0.315. The Morgan fingerprint density at radius 3 is 1.50 bits per heavy atom. The van der Waals surface area contributed by atoms with Crippen molar-refractivity contribution in [1.29, 1.82) is 0 Å². The molecule has 0 aliphatic carbocycles. The third-order valence-electron chi connectivity index (χ3n) is 2.17. The van der Waals surface area contributed by atoms with Gasteiger partial charge in [-0.15, -0.1) is 0 Å². The van der Waals surface area contributed by atoms with Gasteiger partial charge in [0.05, 0.1) is 6.61 Å². The van der Waals surface area contributed by atoms with E-state index in [9.17, 15) is 0 Å². The summed E-state index contributed by atoms with van der Waals surface area (Å²) in [6.45, 7) is 15.8. The third kappa shape index (κ3) is 7.00. The summed E-state index contributed by atoms with van der Waals surface area (Å²) in [6.07, 6.45) is 0.989. The molecule has 1 aromatic rings. The first-order valence-electron chi connectivity index (χ1n) is 7.25. The lowest BCUT2D eigenvalue weighted by Crippen LogP contribution is -2.30. The first-order valence-corrected chi connectivity index (χ1v) is 14.1. The predicted molar refractivity (Wildman–Crippen MR) is 90.2 cm³/mol. The molecule has 0 aromatic heterocycles. The van der Waals surface area contributed by atoms with Gasteiger partial charge in [-0.2, -0.15) is 0 Å². The van der Waals surface area contributed by atoms with Crippen molar-refractivity contribution >= 4 is 16.6 Å². The van der Waals surface area contributed by atoms with E-state index in [1.165, 1.54) is 0 Å². The fourth-order valence-corrected chi connectivity index (χ4v) is 3.32. The molecule has 0 saturated heterocycles. The molecule has 114 valence electrons. The molecule has 20 heavy (non-hydrogen) atoms. The second kappa shape index (κ2) is 6.67. The first kappa shape index (κ1) is 17.1. The maximum Gasteiger partial charge on any atom is 0.242 e. The minimum absolute atomic E-state index is 0.711. The van der Waals surface area contributed by atoms with Crippen molar-refractivity contribution in [3.63, 3.8) is 0 Å². The van der Waals surface area contributed by atoms with Crippen LogP contribution in [0.2, 0.25) is 39.3 Å². The lowest BCUT2D eigenvalue weighted by atomic mass is 10.3. The van der Waals surface area contributed by atoms with E-state index in [4.69, 9.17) is 13.6 Å². The fourth-order valence-electron chi connectivity index (χ4n) is 1.67. The molecule has 0 radical (unpaired) electrons. The van der Waals surface area contributed by atoms with Crippen LogP contribution in [-0.2, 0) is 0 Å². The van der Waals surface area contributed by atoms with Gasteiger partial charge in [-0.1, -0.05) is 6.92 Å². The van der Waals surface area contributed by atoms with Crippen LogP contribution in [0.1, 0.15) is 13.3 Å². The lowest BCUT2D eigenvalue weighted by Gasteiger charge is -2.23. The Bertz CT molecular complexity index is 399. The molecular weight excluding hydrogens is 284 g/mol. The Hall–Kier alpha value is -0.946. The van der Waals surface area contributed by atoms with E-state index < -0.39 is 16.6 Å². The van der Waals surface area contributed by atoms with Gasteiger partial charge in [-0.25, -0.2) is 0 Å². The SMILES string of the molecule is CCCOc1cc(O[Si](C)(C)C)cc(O[Si](C)(C)C)c1. The van der Waals surface area contributed by atoms with Crippen molar-refractivity contribution in [3.8, 4) is 17.2 Å². The summed E-state index contributed by atoms with van der Waals surface area (Å²) in [4.78, 5) is 0. The smallest absolute Gasteiger partial charge is 0.242 e. The van der Waals surface area contributed by atoms with Gasteiger partial charge >= 0.3 is 0 Å². The van der Waals surface area contributed by atoms with E-state index in [0.29, 0.717) is 6.61 Å². The van der Waals surface area contributed by atoms with Gasteiger partial charge in [-0.05, 0) is 45.7 Å². The molecule has 0 aliphatic rings. The molecule has 0 fully saturated rings. The second-order valence-electron chi connectivity index (χ2n) is 6.92. The van der Waals surface area contributed by atoms with Crippen LogP contribution in [0.5, 0.6) is 17.2 Å². The molecule has 5 heteroatoms. The number of rotatable bonds is 7. The zero-order valence-electron chi connectivity index (χ0n) is 13.9. The number of hydrogen-bond donors (Lipinski definition) is 0. The van der Waals surface area contributed by atoms with Crippen molar-refractivity contribution in [2.75, 3.05) is 6.61 Å². The van der Waals surface area contributed by atoms with E-state index in [2.05, 4.69) is 46.2 Å². The van der Waals surface area contributed by atoms with Crippen molar-refractivity contribution < 1.29 is 13.6 Å². The zero-order valence-corrected chi connectivity index (χ0v) is 15.9. The summed E-state index contributed by atoms with van der Waals surface area (Å²) in [5.41, 5.74) is 0. The molecule has 0 heterocycles. The largest absolute Gasteiger partial charge is 0.544 e. The Kier molecular flexibility index (Phi) is 5.71. The normalized spacial score (nSPS) is 12.2. The molecule has 0 bridgehead atoms. The van der Waals surface area contributed by atoms with Gasteiger partial charge in [0.15, 0.2) is 0 Å². The second-order valence-corrected chi connectivity index (χ2v) is 15.8. The van der Waals surface area contributed by atoms with E-state index in [1.807, 2.05) is 18.2 Å². The Labute approximate surface area is 125 Å². The van der Waals surface area contributed by atoms with E-state index >= 15 is 0 Å². The molecule has 0 N–H and O–H groups in total. The molecule has 0 saturated carbocycles. The monoisotopic (exact) mass is 312 g/mol. The van der Waals surface area contributed by atoms with Crippen molar-refractivity contribution in [3.05, 3.63) is 18.2 Å². The van der Waals surface area contributed by atoms with Crippen LogP contribution in [0.25, 0.3) is 0 Å². The summed E-state index contributed by atoms with van der Waals surface area (Å²) in [5.74, 6) is 2.54. The fraction of sp³-hybridized carbons (Fsp3) is 0.600. The highest BCUT2D eigenvalue weighted by molar-refractivity contribution is 6.70. The highest BCUT2D eigenvalue weighted by atomic mass is 28.4. The van der Waals surface area contributed by atoms with Gasteiger partial charge < -0.3 is 13.6 Å². The highest BCUT2D eigenvalue weighted by Crippen LogP contribution is 2.31. The van der Waals surface area contributed by atoms with Gasteiger partial charge in [0.2, 0.25) is 16.6 Å². The molecular formula is C15H28O3Si2. The predicted octanol–water partition coefficient (Wildman–Crippen LogP) is 4.90. The molecule has 0 unspecified atom stereocenters. The molecule has 0 atom stereocenters. The van der Waals surface area contributed by atoms with E-state index in [-0.39, 0.29) is 0 Å². The third-order valence-corrected chi connectivity index (χ3v) is 3.87. The molecule has 0 spiro atoms. The Balaban J connectivity index is 3.01. The van der Waals surface area contributed by atoms with Gasteiger partial charge in [0.25, 0.3) is 0 Å².